The summed E-state index contributed by atoms with van der Waals surface area (Å²) in [5, 5.41) is 9.36. The SMILES string of the molecule is O=C(CSCc1ccccc1)N[C@@H](c1ccsc1)c1cccs1. The van der Waals surface area contributed by atoms with Gasteiger partial charge in [0, 0.05) is 10.6 Å². The summed E-state index contributed by atoms with van der Waals surface area (Å²) in [4.78, 5) is 13.5. The topological polar surface area (TPSA) is 29.1 Å². The normalized spacial score (nSPS) is 12.0. The van der Waals surface area contributed by atoms with E-state index in [0.717, 1.165) is 11.3 Å². The summed E-state index contributed by atoms with van der Waals surface area (Å²) in [6.07, 6.45) is 0. The molecule has 3 aromatic rings. The quantitative estimate of drug-likeness (QED) is 0.647. The average molecular weight is 360 g/mol. The van der Waals surface area contributed by atoms with Gasteiger partial charge in [-0.1, -0.05) is 36.4 Å². The van der Waals surface area contributed by atoms with Crippen molar-refractivity contribution in [1.29, 1.82) is 0 Å². The molecule has 5 heteroatoms. The first-order valence-corrected chi connectivity index (χ1v) is 10.3. The number of nitrogens with one attached hydrogen (secondary N) is 1. The molecule has 2 nitrogen and oxygen atoms in total. The van der Waals surface area contributed by atoms with Crippen LogP contribution in [0.1, 0.15) is 22.0 Å². The highest BCUT2D eigenvalue weighted by Crippen LogP contribution is 2.27. The van der Waals surface area contributed by atoms with Crippen LogP contribution in [0.2, 0.25) is 0 Å². The molecule has 0 aliphatic carbocycles. The Balaban J connectivity index is 1.56. The van der Waals surface area contributed by atoms with Gasteiger partial charge in [0.05, 0.1) is 11.8 Å². The largest absolute Gasteiger partial charge is 0.344 e. The van der Waals surface area contributed by atoms with Crippen LogP contribution in [0.15, 0.2) is 64.7 Å². The minimum atomic E-state index is -0.0360. The van der Waals surface area contributed by atoms with E-state index >= 15 is 0 Å². The van der Waals surface area contributed by atoms with E-state index in [1.54, 1.807) is 34.4 Å². The molecule has 0 unspecified atom stereocenters. The summed E-state index contributed by atoms with van der Waals surface area (Å²) < 4.78 is 0. The summed E-state index contributed by atoms with van der Waals surface area (Å²) in [6, 6.07) is 16.4. The number of carbonyl (C=O) groups excluding carboxylic acids is 1. The molecule has 1 amide bonds. The van der Waals surface area contributed by atoms with Gasteiger partial charge in [-0.15, -0.1) is 23.1 Å². The Hall–Kier alpha value is -1.56. The summed E-state index contributed by atoms with van der Waals surface area (Å²) in [6.45, 7) is 0. The van der Waals surface area contributed by atoms with Crippen molar-refractivity contribution in [1.82, 2.24) is 5.32 Å². The Kier molecular flexibility index (Phi) is 5.91. The molecular formula is C18H17NOS3. The molecule has 2 aromatic heterocycles. The lowest BCUT2D eigenvalue weighted by Gasteiger charge is -2.16. The Bertz CT molecular complexity index is 674. The van der Waals surface area contributed by atoms with E-state index in [9.17, 15) is 4.79 Å². The summed E-state index contributed by atoms with van der Waals surface area (Å²) >= 11 is 4.98. The third-order valence-corrected chi connectivity index (χ3v) is 6.00. The molecule has 0 fully saturated rings. The van der Waals surface area contributed by atoms with Crippen molar-refractivity contribution in [2.45, 2.75) is 11.8 Å². The Morgan fingerprint density at radius 3 is 2.65 bits per heavy atom. The number of rotatable bonds is 7. The fourth-order valence-electron chi connectivity index (χ4n) is 2.25. The van der Waals surface area contributed by atoms with E-state index in [0.29, 0.717) is 5.75 Å². The zero-order chi connectivity index (χ0) is 15.9. The van der Waals surface area contributed by atoms with Gasteiger partial charge < -0.3 is 5.32 Å². The van der Waals surface area contributed by atoms with Crippen molar-refractivity contribution in [3.05, 3.63) is 80.7 Å². The zero-order valence-corrected chi connectivity index (χ0v) is 14.9. The van der Waals surface area contributed by atoms with E-state index in [1.165, 1.54) is 10.4 Å². The van der Waals surface area contributed by atoms with Crippen molar-refractivity contribution in [2.24, 2.45) is 0 Å². The number of thiophene rings is 2. The third kappa shape index (κ3) is 4.70. The van der Waals surface area contributed by atoms with Crippen molar-refractivity contribution in [3.63, 3.8) is 0 Å². The zero-order valence-electron chi connectivity index (χ0n) is 12.5. The molecule has 1 atom stereocenters. The van der Waals surface area contributed by atoms with Crippen LogP contribution in [0.25, 0.3) is 0 Å². The first kappa shape index (κ1) is 16.3. The van der Waals surface area contributed by atoms with Crippen LogP contribution in [0, 0.1) is 0 Å². The van der Waals surface area contributed by atoms with Gasteiger partial charge in [0.1, 0.15) is 0 Å². The monoisotopic (exact) mass is 359 g/mol. The molecular weight excluding hydrogens is 342 g/mol. The predicted octanol–water partition coefficient (Wildman–Crippen LogP) is 4.95. The molecule has 0 aliphatic heterocycles. The third-order valence-electron chi connectivity index (χ3n) is 3.35. The smallest absolute Gasteiger partial charge is 0.230 e. The Morgan fingerprint density at radius 2 is 1.96 bits per heavy atom. The summed E-state index contributed by atoms with van der Waals surface area (Å²) in [7, 11) is 0. The fraction of sp³-hybridized carbons (Fsp3) is 0.167. The lowest BCUT2D eigenvalue weighted by Crippen LogP contribution is -2.30. The van der Waals surface area contributed by atoms with Gasteiger partial charge in [-0.3, -0.25) is 4.79 Å². The molecule has 2 heterocycles. The lowest BCUT2D eigenvalue weighted by molar-refractivity contribution is -0.119. The number of amides is 1. The molecule has 0 saturated heterocycles. The van der Waals surface area contributed by atoms with Crippen LogP contribution >= 0.6 is 34.4 Å². The number of hydrogen-bond acceptors (Lipinski definition) is 4. The fourth-order valence-corrected chi connectivity index (χ4v) is 4.54. The second-order valence-electron chi connectivity index (χ2n) is 5.05. The van der Waals surface area contributed by atoms with Crippen LogP contribution < -0.4 is 5.32 Å². The van der Waals surface area contributed by atoms with E-state index in [-0.39, 0.29) is 11.9 Å². The highest BCUT2D eigenvalue weighted by atomic mass is 32.2. The van der Waals surface area contributed by atoms with Crippen LogP contribution in [0.5, 0.6) is 0 Å². The molecule has 3 rings (SSSR count). The van der Waals surface area contributed by atoms with Crippen LogP contribution in [0.3, 0.4) is 0 Å². The molecule has 0 saturated carbocycles. The maximum absolute atomic E-state index is 12.3. The maximum Gasteiger partial charge on any atom is 0.230 e. The van der Waals surface area contributed by atoms with Crippen molar-refractivity contribution >= 4 is 40.3 Å². The molecule has 23 heavy (non-hydrogen) atoms. The Labute approximate surface area is 148 Å². The molecule has 0 bridgehead atoms. The van der Waals surface area contributed by atoms with Crippen molar-refractivity contribution in [3.8, 4) is 0 Å². The average Bonchev–Trinajstić information content (AvgIpc) is 3.27. The first-order chi connectivity index (χ1) is 11.3. The van der Waals surface area contributed by atoms with Gasteiger partial charge >= 0.3 is 0 Å². The number of carbonyl (C=O) groups is 1. The van der Waals surface area contributed by atoms with E-state index < -0.39 is 0 Å². The van der Waals surface area contributed by atoms with Crippen molar-refractivity contribution in [2.75, 3.05) is 5.75 Å². The van der Waals surface area contributed by atoms with E-state index in [2.05, 4.69) is 35.0 Å². The molecule has 0 radical (unpaired) electrons. The second-order valence-corrected chi connectivity index (χ2v) is 7.80. The number of hydrogen-bond donors (Lipinski definition) is 1. The van der Waals surface area contributed by atoms with Gasteiger partial charge in [-0.05, 0) is 39.4 Å². The highest BCUT2D eigenvalue weighted by Gasteiger charge is 2.18. The minimum Gasteiger partial charge on any atom is -0.344 e. The molecule has 0 aliphatic rings. The van der Waals surface area contributed by atoms with Gasteiger partial charge in [0.15, 0.2) is 0 Å². The van der Waals surface area contributed by atoms with Crippen LogP contribution in [-0.4, -0.2) is 11.7 Å². The van der Waals surface area contributed by atoms with Gasteiger partial charge in [-0.2, -0.15) is 11.3 Å². The molecule has 0 spiro atoms. The second kappa shape index (κ2) is 8.34. The summed E-state index contributed by atoms with van der Waals surface area (Å²) in [5.41, 5.74) is 2.40. The standard InChI is InChI=1S/C18H17NOS3/c20-17(13-22-11-14-5-2-1-3-6-14)19-18(15-8-10-21-12-15)16-7-4-9-23-16/h1-10,12,18H,11,13H2,(H,19,20)/t18-/m0/s1. The Morgan fingerprint density at radius 1 is 1.09 bits per heavy atom. The van der Waals surface area contributed by atoms with Gasteiger partial charge in [-0.25, -0.2) is 0 Å². The maximum atomic E-state index is 12.3. The predicted molar refractivity (Wildman–Crippen MR) is 101 cm³/mol. The van der Waals surface area contributed by atoms with Crippen LogP contribution in [0.4, 0.5) is 0 Å². The number of benzene rings is 1. The molecule has 118 valence electrons. The molecule has 1 N–H and O–H groups in total. The highest BCUT2D eigenvalue weighted by molar-refractivity contribution is 7.99. The lowest BCUT2D eigenvalue weighted by atomic mass is 10.1. The van der Waals surface area contributed by atoms with Crippen molar-refractivity contribution < 1.29 is 4.79 Å². The number of thioether (sulfide) groups is 1. The summed E-state index contributed by atoms with van der Waals surface area (Å²) in [5.74, 6) is 1.41. The first-order valence-electron chi connectivity index (χ1n) is 7.29. The van der Waals surface area contributed by atoms with Gasteiger partial charge in [0.2, 0.25) is 5.91 Å². The van der Waals surface area contributed by atoms with E-state index in [4.69, 9.17) is 0 Å². The van der Waals surface area contributed by atoms with Crippen LogP contribution in [-0.2, 0) is 10.5 Å². The van der Waals surface area contributed by atoms with Gasteiger partial charge in [0.25, 0.3) is 0 Å². The molecule has 1 aromatic carbocycles. The minimum absolute atomic E-state index is 0.0360. The van der Waals surface area contributed by atoms with E-state index in [1.807, 2.05) is 35.0 Å².